The lowest BCUT2D eigenvalue weighted by Gasteiger charge is -2.11. The van der Waals surface area contributed by atoms with Crippen LogP contribution in [0.3, 0.4) is 0 Å². The average molecular weight is 291 g/mol. The van der Waals surface area contributed by atoms with E-state index in [-0.39, 0.29) is 10.6 Å². The maximum atomic E-state index is 11.9. The second kappa shape index (κ2) is 6.63. The smallest absolute Gasteiger partial charge is 0.272 e. The molecule has 0 amide bonds. The Kier molecular flexibility index (Phi) is 5.44. The second-order valence-electron chi connectivity index (χ2n) is 3.82. The average Bonchev–Trinajstić information content (AvgIpc) is 2.36. The van der Waals surface area contributed by atoms with Crippen LogP contribution in [0.2, 0.25) is 0 Å². The van der Waals surface area contributed by atoms with E-state index in [2.05, 4.69) is 11.3 Å². The first kappa shape index (κ1) is 15.6. The quantitative estimate of drug-likeness (QED) is 0.783. The normalized spacial score (nSPS) is 13.3. The molecular weight excluding hydrogens is 276 g/mol. The first-order chi connectivity index (χ1) is 8.85. The molecule has 0 heterocycles. The fourth-order valence-corrected chi connectivity index (χ4v) is 2.45. The summed E-state index contributed by atoms with van der Waals surface area (Å²) in [5, 5.41) is 0. The summed E-state index contributed by atoms with van der Waals surface area (Å²) >= 11 is 0. The van der Waals surface area contributed by atoms with Crippen LogP contribution in [0.1, 0.15) is 6.92 Å². The van der Waals surface area contributed by atoms with Gasteiger partial charge in [0.15, 0.2) is 0 Å². The fourth-order valence-electron chi connectivity index (χ4n) is 1.24. The molecule has 1 aromatic carbocycles. The maximum Gasteiger partial charge on any atom is 0.272 e. The van der Waals surface area contributed by atoms with Crippen molar-refractivity contribution >= 4 is 10.0 Å². The molecule has 1 aromatic rings. The predicted molar refractivity (Wildman–Crippen MR) is 67.9 cm³/mol. The summed E-state index contributed by atoms with van der Waals surface area (Å²) in [6.07, 6.45) is -1.11. The minimum absolute atomic E-state index is 0.0330. The molecule has 7 heteroatoms. The molecule has 0 fully saturated rings. The van der Waals surface area contributed by atoms with Crippen molar-refractivity contribution in [1.29, 1.82) is 0 Å². The molecule has 0 aliphatic rings. The Hall–Kier alpha value is -1.47. The van der Waals surface area contributed by atoms with Crippen LogP contribution in [-0.2, 0) is 10.0 Å². The molecule has 0 spiro atoms. The summed E-state index contributed by atoms with van der Waals surface area (Å²) in [6.45, 7) is 4.39. The summed E-state index contributed by atoms with van der Waals surface area (Å²) in [5.74, 6) is 0.191. The van der Waals surface area contributed by atoms with Crippen molar-refractivity contribution in [3.63, 3.8) is 0 Å². The topological polar surface area (TPSA) is 55.4 Å². The highest BCUT2D eigenvalue weighted by Gasteiger charge is 2.15. The third kappa shape index (κ3) is 4.96. The van der Waals surface area contributed by atoms with Gasteiger partial charge in [0.2, 0.25) is 10.0 Å². The lowest BCUT2D eigenvalue weighted by molar-refractivity contribution is 0.0819. The third-order valence-corrected chi connectivity index (χ3v) is 3.78. The lowest BCUT2D eigenvalue weighted by atomic mass is 10.3. The monoisotopic (exact) mass is 291 g/mol. The van der Waals surface area contributed by atoms with Crippen LogP contribution in [0.4, 0.5) is 8.78 Å². The van der Waals surface area contributed by atoms with E-state index in [4.69, 9.17) is 4.74 Å². The Balaban J connectivity index is 2.78. The number of alkyl halides is 2. The van der Waals surface area contributed by atoms with Crippen molar-refractivity contribution in [3.8, 4) is 5.75 Å². The zero-order valence-electron chi connectivity index (χ0n) is 10.3. The van der Waals surface area contributed by atoms with E-state index in [1.165, 1.54) is 30.3 Å². The van der Waals surface area contributed by atoms with Gasteiger partial charge in [0.05, 0.1) is 4.90 Å². The van der Waals surface area contributed by atoms with E-state index in [0.29, 0.717) is 0 Å². The van der Waals surface area contributed by atoms with Crippen molar-refractivity contribution in [2.45, 2.75) is 24.3 Å². The van der Waals surface area contributed by atoms with Crippen molar-refractivity contribution in [1.82, 2.24) is 4.72 Å². The molecule has 0 aliphatic heterocycles. The van der Waals surface area contributed by atoms with Gasteiger partial charge in [-0.3, -0.25) is 0 Å². The number of hydrogen-bond donors (Lipinski definition) is 1. The first-order valence-corrected chi connectivity index (χ1v) is 6.99. The summed E-state index contributed by atoms with van der Waals surface area (Å²) in [7, 11) is -3.64. The zero-order chi connectivity index (χ0) is 14.5. The van der Waals surface area contributed by atoms with Crippen molar-refractivity contribution in [2.24, 2.45) is 0 Å². The summed E-state index contributed by atoms with van der Waals surface area (Å²) in [5.41, 5.74) is 0. The SMILES string of the molecule is C=C[C@@H](C)NS(=O)(=O)c1ccc(OCC(F)F)cc1. The summed E-state index contributed by atoms with van der Waals surface area (Å²) in [4.78, 5) is 0.0330. The molecule has 19 heavy (non-hydrogen) atoms. The van der Waals surface area contributed by atoms with Crippen molar-refractivity contribution in [3.05, 3.63) is 36.9 Å². The van der Waals surface area contributed by atoms with E-state index >= 15 is 0 Å². The number of ether oxygens (including phenoxy) is 1. The molecule has 1 N–H and O–H groups in total. The molecule has 0 aliphatic carbocycles. The molecule has 1 atom stereocenters. The highest BCUT2D eigenvalue weighted by molar-refractivity contribution is 7.89. The van der Waals surface area contributed by atoms with E-state index in [9.17, 15) is 17.2 Å². The Morgan fingerprint density at radius 3 is 2.42 bits per heavy atom. The van der Waals surface area contributed by atoms with Gasteiger partial charge < -0.3 is 4.74 Å². The van der Waals surface area contributed by atoms with Crippen LogP contribution >= 0.6 is 0 Å². The summed E-state index contributed by atoms with van der Waals surface area (Å²) < 4.78 is 54.7. The van der Waals surface area contributed by atoms with Crippen LogP contribution in [0, 0.1) is 0 Å². The highest BCUT2D eigenvalue weighted by atomic mass is 32.2. The Bertz CT molecular complexity index is 514. The number of hydrogen-bond acceptors (Lipinski definition) is 3. The molecule has 0 bridgehead atoms. The van der Waals surface area contributed by atoms with Gasteiger partial charge in [0, 0.05) is 6.04 Å². The zero-order valence-corrected chi connectivity index (χ0v) is 11.2. The van der Waals surface area contributed by atoms with Gasteiger partial charge in [-0.15, -0.1) is 6.58 Å². The number of sulfonamides is 1. The molecule has 0 aromatic heterocycles. The lowest BCUT2D eigenvalue weighted by Crippen LogP contribution is -2.30. The summed E-state index contributed by atoms with van der Waals surface area (Å²) in [6, 6.07) is 4.84. The van der Waals surface area contributed by atoms with Gasteiger partial charge in [-0.25, -0.2) is 21.9 Å². The van der Waals surface area contributed by atoms with Crippen LogP contribution in [0.25, 0.3) is 0 Å². The van der Waals surface area contributed by atoms with E-state index in [0.717, 1.165) is 0 Å². The van der Waals surface area contributed by atoms with Crippen LogP contribution in [0.15, 0.2) is 41.8 Å². The van der Waals surface area contributed by atoms with Gasteiger partial charge in [-0.1, -0.05) is 6.08 Å². The minimum atomic E-state index is -3.64. The molecular formula is C12H15F2NO3S. The van der Waals surface area contributed by atoms with Crippen LogP contribution in [-0.4, -0.2) is 27.5 Å². The number of rotatable bonds is 7. The molecule has 0 saturated carbocycles. The molecule has 106 valence electrons. The second-order valence-corrected chi connectivity index (χ2v) is 5.53. The van der Waals surface area contributed by atoms with Gasteiger partial charge in [-0.2, -0.15) is 0 Å². The largest absolute Gasteiger partial charge is 0.488 e. The molecule has 0 unspecified atom stereocenters. The standard InChI is InChI=1S/C12H15F2NO3S/c1-3-9(2)15-19(16,17)11-6-4-10(5-7-11)18-8-12(13)14/h3-7,9,12,15H,1,8H2,2H3/t9-/m1/s1. The first-order valence-electron chi connectivity index (χ1n) is 5.51. The maximum absolute atomic E-state index is 11.9. The molecule has 1 rings (SSSR count). The van der Waals surface area contributed by atoms with Gasteiger partial charge in [-0.05, 0) is 31.2 Å². The molecule has 0 radical (unpaired) electrons. The van der Waals surface area contributed by atoms with Gasteiger partial charge in [0.1, 0.15) is 12.4 Å². The van der Waals surface area contributed by atoms with Crippen molar-refractivity contribution < 1.29 is 21.9 Å². The van der Waals surface area contributed by atoms with E-state index < -0.39 is 29.1 Å². The third-order valence-electron chi connectivity index (χ3n) is 2.20. The highest BCUT2D eigenvalue weighted by Crippen LogP contribution is 2.16. The van der Waals surface area contributed by atoms with Gasteiger partial charge in [0.25, 0.3) is 6.43 Å². The van der Waals surface area contributed by atoms with Crippen LogP contribution < -0.4 is 9.46 Å². The van der Waals surface area contributed by atoms with Gasteiger partial charge >= 0.3 is 0 Å². The Morgan fingerprint density at radius 2 is 1.95 bits per heavy atom. The fraction of sp³-hybridized carbons (Fsp3) is 0.333. The van der Waals surface area contributed by atoms with E-state index in [1.54, 1.807) is 6.92 Å². The number of benzene rings is 1. The van der Waals surface area contributed by atoms with Crippen molar-refractivity contribution in [2.75, 3.05) is 6.61 Å². The number of halogens is 2. The minimum Gasteiger partial charge on any atom is -0.488 e. The predicted octanol–water partition coefficient (Wildman–Crippen LogP) is 2.18. The number of nitrogens with one attached hydrogen (secondary N) is 1. The van der Waals surface area contributed by atoms with Crippen LogP contribution in [0.5, 0.6) is 5.75 Å². The molecule has 4 nitrogen and oxygen atoms in total. The van der Waals surface area contributed by atoms with E-state index in [1.807, 2.05) is 0 Å². The Labute approximate surface area is 111 Å². The molecule has 0 saturated heterocycles. The Morgan fingerprint density at radius 1 is 1.37 bits per heavy atom.